The summed E-state index contributed by atoms with van der Waals surface area (Å²) in [6, 6.07) is 8.26. The molecule has 7 nitrogen and oxygen atoms in total. The predicted molar refractivity (Wildman–Crippen MR) is 112 cm³/mol. The second-order valence-corrected chi connectivity index (χ2v) is 9.36. The van der Waals surface area contributed by atoms with Crippen molar-refractivity contribution in [3.05, 3.63) is 72.0 Å². The van der Waals surface area contributed by atoms with Gasteiger partial charge in [-0.05, 0) is 24.3 Å². The van der Waals surface area contributed by atoms with Crippen LogP contribution >= 0.6 is 0 Å². The molecule has 0 N–H and O–H groups in total. The molecule has 1 fully saturated rings. The fourth-order valence-electron chi connectivity index (χ4n) is 3.58. The highest BCUT2D eigenvalue weighted by atomic mass is 32.2. The summed E-state index contributed by atoms with van der Waals surface area (Å²) in [4.78, 5) is 17.7. The molecule has 33 heavy (non-hydrogen) atoms. The van der Waals surface area contributed by atoms with E-state index in [0.717, 1.165) is 22.5 Å². The zero-order valence-electron chi connectivity index (χ0n) is 17.4. The highest BCUT2D eigenvalue weighted by Gasteiger charge is 2.31. The summed E-state index contributed by atoms with van der Waals surface area (Å²) < 4.78 is 72.9. The molecule has 0 bridgehead atoms. The SMILES string of the molecule is O=C(CCc1ncc(-c2ccc(F)cc2F)o1)N1CCN(S(=O)(=O)c2ccccc2F)CC1. The zero-order chi connectivity index (χ0) is 23.6. The van der Waals surface area contributed by atoms with Crippen LogP contribution in [-0.4, -0.2) is 54.7 Å². The van der Waals surface area contributed by atoms with Crippen LogP contribution in [0.3, 0.4) is 0 Å². The Morgan fingerprint density at radius 3 is 2.42 bits per heavy atom. The van der Waals surface area contributed by atoms with Gasteiger partial charge in [0, 0.05) is 45.1 Å². The number of aromatic nitrogens is 1. The summed E-state index contributed by atoms with van der Waals surface area (Å²) >= 11 is 0. The van der Waals surface area contributed by atoms with Crippen molar-refractivity contribution in [2.75, 3.05) is 26.2 Å². The van der Waals surface area contributed by atoms with Crippen molar-refractivity contribution >= 4 is 15.9 Å². The maximum atomic E-state index is 13.9. The fraction of sp³-hybridized carbons (Fsp3) is 0.273. The van der Waals surface area contributed by atoms with Crippen LogP contribution < -0.4 is 0 Å². The van der Waals surface area contributed by atoms with Gasteiger partial charge in [-0.2, -0.15) is 4.31 Å². The minimum atomic E-state index is -3.99. The molecule has 11 heteroatoms. The number of hydrogen-bond acceptors (Lipinski definition) is 5. The number of aryl methyl sites for hydroxylation is 1. The number of nitrogens with zero attached hydrogens (tertiary/aromatic N) is 3. The van der Waals surface area contributed by atoms with Gasteiger partial charge in [-0.3, -0.25) is 4.79 Å². The molecule has 2 heterocycles. The molecule has 4 rings (SSSR count). The van der Waals surface area contributed by atoms with Gasteiger partial charge in [-0.25, -0.2) is 26.6 Å². The molecule has 174 valence electrons. The molecule has 1 amide bonds. The number of oxazole rings is 1. The third-order valence-corrected chi connectivity index (χ3v) is 7.28. The Morgan fingerprint density at radius 1 is 1.00 bits per heavy atom. The van der Waals surface area contributed by atoms with Crippen molar-refractivity contribution in [1.82, 2.24) is 14.2 Å². The second-order valence-electron chi connectivity index (χ2n) is 7.46. The molecule has 0 spiro atoms. The number of sulfonamides is 1. The van der Waals surface area contributed by atoms with Crippen LogP contribution in [0, 0.1) is 17.5 Å². The van der Waals surface area contributed by atoms with Gasteiger partial charge in [0.05, 0.1) is 11.8 Å². The van der Waals surface area contributed by atoms with E-state index in [2.05, 4.69) is 4.98 Å². The minimum absolute atomic E-state index is 0.0510. The summed E-state index contributed by atoms with van der Waals surface area (Å²) in [5.74, 6) is -2.17. The summed E-state index contributed by atoms with van der Waals surface area (Å²) in [5, 5.41) is 0. The van der Waals surface area contributed by atoms with Gasteiger partial charge in [0.1, 0.15) is 22.3 Å². The fourth-order valence-corrected chi connectivity index (χ4v) is 5.07. The first kappa shape index (κ1) is 23.0. The Morgan fingerprint density at radius 2 is 1.73 bits per heavy atom. The number of carbonyl (C=O) groups excluding carboxylic acids is 1. The third kappa shape index (κ3) is 4.93. The van der Waals surface area contributed by atoms with Crippen LogP contribution in [-0.2, 0) is 21.2 Å². The summed E-state index contributed by atoms with van der Waals surface area (Å²) in [7, 11) is -3.99. The number of benzene rings is 2. The van der Waals surface area contributed by atoms with Crippen molar-refractivity contribution in [3.8, 4) is 11.3 Å². The summed E-state index contributed by atoms with van der Waals surface area (Å²) in [6.07, 6.45) is 1.53. The average Bonchev–Trinajstić information content (AvgIpc) is 3.26. The molecule has 1 aliphatic rings. The zero-order valence-corrected chi connectivity index (χ0v) is 18.2. The normalized spacial score (nSPS) is 15.1. The number of rotatable bonds is 6. The summed E-state index contributed by atoms with van der Waals surface area (Å²) in [6.45, 7) is 0.444. The van der Waals surface area contributed by atoms with Crippen molar-refractivity contribution < 1.29 is 30.8 Å². The Hall–Kier alpha value is -3.18. The Labute approximate surface area is 188 Å². The van der Waals surface area contributed by atoms with Gasteiger partial charge in [0.15, 0.2) is 11.7 Å². The van der Waals surface area contributed by atoms with Crippen molar-refractivity contribution in [2.24, 2.45) is 0 Å². The first-order valence-electron chi connectivity index (χ1n) is 10.2. The molecule has 0 atom stereocenters. The van der Waals surface area contributed by atoms with E-state index in [1.54, 1.807) is 0 Å². The molecule has 2 aromatic carbocycles. The smallest absolute Gasteiger partial charge is 0.246 e. The van der Waals surface area contributed by atoms with Gasteiger partial charge in [-0.15, -0.1) is 0 Å². The van der Waals surface area contributed by atoms with E-state index < -0.39 is 27.5 Å². The number of amides is 1. The van der Waals surface area contributed by atoms with Crippen LogP contribution in [0.15, 0.2) is 58.0 Å². The van der Waals surface area contributed by atoms with E-state index in [9.17, 15) is 26.4 Å². The maximum Gasteiger partial charge on any atom is 0.246 e. The largest absolute Gasteiger partial charge is 0.441 e. The molecule has 3 aromatic rings. The molecule has 1 saturated heterocycles. The molecular formula is C22H20F3N3O4S. The number of halogens is 3. The van der Waals surface area contributed by atoms with Gasteiger partial charge >= 0.3 is 0 Å². The number of hydrogen-bond donors (Lipinski definition) is 0. The lowest BCUT2D eigenvalue weighted by atomic mass is 10.2. The highest BCUT2D eigenvalue weighted by molar-refractivity contribution is 7.89. The maximum absolute atomic E-state index is 13.9. The van der Waals surface area contributed by atoms with Crippen LogP contribution in [0.5, 0.6) is 0 Å². The van der Waals surface area contributed by atoms with Gasteiger partial charge in [-0.1, -0.05) is 12.1 Å². The average molecular weight is 479 g/mol. The van der Waals surface area contributed by atoms with E-state index in [-0.39, 0.29) is 67.0 Å². The van der Waals surface area contributed by atoms with Crippen LogP contribution in [0.25, 0.3) is 11.3 Å². The Kier molecular flexibility index (Phi) is 6.52. The third-order valence-electron chi connectivity index (χ3n) is 5.35. The van der Waals surface area contributed by atoms with E-state index in [0.29, 0.717) is 0 Å². The predicted octanol–water partition coefficient (Wildman–Crippen LogP) is 3.22. The minimum Gasteiger partial charge on any atom is -0.441 e. The number of carbonyl (C=O) groups is 1. The standard InChI is InChI=1S/C22H20F3N3O4S/c23-15-5-6-16(18(25)13-15)19-14-26-21(32-19)7-8-22(29)27-9-11-28(12-10-27)33(30,31)20-4-2-1-3-17(20)24/h1-6,13-14H,7-12H2. The molecule has 1 aliphatic heterocycles. The van der Waals surface area contributed by atoms with E-state index in [1.807, 2.05) is 0 Å². The lowest BCUT2D eigenvalue weighted by Crippen LogP contribution is -2.50. The Balaban J connectivity index is 1.32. The Bertz CT molecular complexity index is 1270. The number of piperazine rings is 1. The molecule has 0 radical (unpaired) electrons. The first-order chi connectivity index (χ1) is 15.8. The molecule has 0 aliphatic carbocycles. The first-order valence-corrected chi connectivity index (χ1v) is 11.6. The monoisotopic (exact) mass is 479 g/mol. The van der Waals surface area contributed by atoms with E-state index >= 15 is 0 Å². The van der Waals surface area contributed by atoms with Crippen molar-refractivity contribution in [3.63, 3.8) is 0 Å². The van der Waals surface area contributed by atoms with Crippen LogP contribution in [0.4, 0.5) is 13.2 Å². The molecule has 1 aromatic heterocycles. The van der Waals surface area contributed by atoms with Gasteiger partial charge in [0.25, 0.3) is 0 Å². The summed E-state index contributed by atoms with van der Waals surface area (Å²) in [5.41, 5.74) is 0.0636. The topological polar surface area (TPSA) is 83.7 Å². The second kappa shape index (κ2) is 9.36. The lowest BCUT2D eigenvalue weighted by Gasteiger charge is -2.34. The van der Waals surface area contributed by atoms with E-state index in [4.69, 9.17) is 4.42 Å². The van der Waals surface area contributed by atoms with Gasteiger partial charge < -0.3 is 9.32 Å². The molecule has 0 unspecified atom stereocenters. The van der Waals surface area contributed by atoms with Crippen molar-refractivity contribution in [1.29, 1.82) is 0 Å². The molecule has 0 saturated carbocycles. The van der Waals surface area contributed by atoms with Crippen molar-refractivity contribution in [2.45, 2.75) is 17.7 Å². The van der Waals surface area contributed by atoms with Crippen LogP contribution in [0.1, 0.15) is 12.3 Å². The lowest BCUT2D eigenvalue weighted by molar-refractivity contribution is -0.132. The van der Waals surface area contributed by atoms with Gasteiger partial charge in [0.2, 0.25) is 15.9 Å². The van der Waals surface area contributed by atoms with Crippen LogP contribution in [0.2, 0.25) is 0 Å². The van der Waals surface area contributed by atoms with E-state index in [1.165, 1.54) is 35.4 Å². The highest BCUT2D eigenvalue weighted by Crippen LogP contribution is 2.25. The molecular weight excluding hydrogens is 459 g/mol. The quantitative estimate of drug-likeness (QED) is 0.542.